The first-order valence-electron chi connectivity index (χ1n) is 6.81. The second-order valence-corrected chi connectivity index (χ2v) is 5.71. The summed E-state index contributed by atoms with van der Waals surface area (Å²) in [5.41, 5.74) is 0.284. The molecule has 0 aromatic heterocycles. The van der Waals surface area contributed by atoms with Crippen LogP contribution in [0.25, 0.3) is 0 Å². The van der Waals surface area contributed by atoms with Crippen LogP contribution in [0, 0.1) is 11.6 Å². The van der Waals surface area contributed by atoms with E-state index >= 15 is 0 Å². The lowest BCUT2D eigenvalue weighted by Gasteiger charge is -2.48. The third kappa shape index (κ3) is 2.79. The van der Waals surface area contributed by atoms with Crippen LogP contribution in [0.4, 0.5) is 8.78 Å². The van der Waals surface area contributed by atoms with Gasteiger partial charge in [0.1, 0.15) is 11.6 Å². The number of hydrogen-bond acceptors (Lipinski definition) is 2. The predicted octanol–water partition coefficient (Wildman–Crippen LogP) is 3.10. The summed E-state index contributed by atoms with van der Waals surface area (Å²) in [6.45, 7) is 2.57. The molecule has 0 saturated heterocycles. The maximum absolute atomic E-state index is 13.7. The molecule has 2 nitrogen and oxygen atoms in total. The van der Waals surface area contributed by atoms with E-state index in [1.165, 1.54) is 24.6 Å². The molecule has 0 spiro atoms. The largest absolute Gasteiger partial charge is 0.308 e. The molecule has 0 heterocycles. The van der Waals surface area contributed by atoms with Gasteiger partial charge in [-0.15, -0.1) is 0 Å². The van der Waals surface area contributed by atoms with Crippen molar-refractivity contribution < 1.29 is 8.78 Å². The van der Waals surface area contributed by atoms with Crippen LogP contribution in [0.2, 0.25) is 0 Å². The highest BCUT2D eigenvalue weighted by atomic mass is 19.1. The first-order valence-corrected chi connectivity index (χ1v) is 6.81. The van der Waals surface area contributed by atoms with Gasteiger partial charge in [0.25, 0.3) is 0 Å². The van der Waals surface area contributed by atoms with E-state index in [9.17, 15) is 8.78 Å². The minimum Gasteiger partial charge on any atom is -0.308 e. The van der Waals surface area contributed by atoms with Crippen molar-refractivity contribution in [3.63, 3.8) is 0 Å². The molecule has 19 heavy (non-hydrogen) atoms. The Bertz CT molecular complexity index is 422. The predicted molar refractivity (Wildman–Crippen MR) is 73.0 cm³/mol. The van der Waals surface area contributed by atoms with E-state index in [1.807, 2.05) is 6.92 Å². The van der Waals surface area contributed by atoms with E-state index in [0.717, 1.165) is 19.4 Å². The smallest absolute Gasteiger partial charge is 0.130 e. The second-order valence-electron chi connectivity index (χ2n) is 5.71. The molecule has 0 aliphatic heterocycles. The van der Waals surface area contributed by atoms with Crippen LogP contribution in [-0.2, 0) is 0 Å². The van der Waals surface area contributed by atoms with Gasteiger partial charge in [0.2, 0.25) is 0 Å². The number of rotatable bonds is 5. The fourth-order valence-electron chi connectivity index (χ4n) is 2.74. The lowest BCUT2D eigenvalue weighted by molar-refractivity contribution is 0.0574. The highest BCUT2D eigenvalue weighted by Gasteiger charge is 2.39. The summed E-state index contributed by atoms with van der Waals surface area (Å²) in [5.74, 6) is -0.958. The molecule has 1 saturated carbocycles. The average molecular weight is 268 g/mol. The van der Waals surface area contributed by atoms with Crippen molar-refractivity contribution in [2.75, 3.05) is 20.6 Å². The second kappa shape index (κ2) is 5.55. The van der Waals surface area contributed by atoms with Crippen molar-refractivity contribution in [3.8, 4) is 0 Å². The van der Waals surface area contributed by atoms with Gasteiger partial charge in [-0.2, -0.15) is 0 Å². The SMILES string of the molecule is CC(NCC1(N(C)C)CCC1)c1c(F)cccc1F. The van der Waals surface area contributed by atoms with Crippen LogP contribution in [0.3, 0.4) is 0 Å². The third-order valence-electron chi connectivity index (χ3n) is 4.40. The van der Waals surface area contributed by atoms with Crippen LogP contribution in [0.5, 0.6) is 0 Å². The van der Waals surface area contributed by atoms with E-state index in [2.05, 4.69) is 24.3 Å². The Morgan fingerprint density at radius 1 is 1.26 bits per heavy atom. The summed E-state index contributed by atoms with van der Waals surface area (Å²) >= 11 is 0. The normalized spacial score (nSPS) is 19.3. The summed E-state index contributed by atoms with van der Waals surface area (Å²) in [7, 11) is 4.13. The molecule has 2 rings (SSSR count). The molecule has 1 unspecified atom stereocenters. The van der Waals surface area contributed by atoms with Crippen LogP contribution in [-0.4, -0.2) is 31.1 Å². The zero-order valence-electron chi connectivity index (χ0n) is 11.8. The highest BCUT2D eigenvalue weighted by Crippen LogP contribution is 2.36. The number of nitrogens with one attached hydrogen (secondary N) is 1. The summed E-state index contributed by atoms with van der Waals surface area (Å²) in [6.07, 6.45) is 3.50. The Hall–Kier alpha value is -1.00. The van der Waals surface area contributed by atoms with Crippen molar-refractivity contribution >= 4 is 0 Å². The Labute approximate surface area is 113 Å². The van der Waals surface area contributed by atoms with Crippen LogP contribution in [0.1, 0.15) is 37.8 Å². The number of likely N-dealkylation sites (N-methyl/N-ethyl adjacent to an activating group) is 1. The number of hydrogen-bond donors (Lipinski definition) is 1. The molecule has 4 heteroatoms. The topological polar surface area (TPSA) is 15.3 Å². The van der Waals surface area contributed by atoms with Gasteiger partial charge in [0, 0.05) is 23.7 Å². The molecular formula is C15H22F2N2. The molecule has 1 aliphatic rings. The molecule has 1 fully saturated rings. The number of halogens is 2. The molecule has 0 radical (unpaired) electrons. The summed E-state index contributed by atoms with van der Waals surface area (Å²) in [6, 6.07) is 3.69. The Morgan fingerprint density at radius 2 is 1.84 bits per heavy atom. The first kappa shape index (κ1) is 14.4. The fourth-order valence-corrected chi connectivity index (χ4v) is 2.74. The molecule has 1 N–H and O–H groups in total. The Balaban J connectivity index is 2.03. The van der Waals surface area contributed by atoms with Crippen molar-refractivity contribution in [2.24, 2.45) is 0 Å². The van der Waals surface area contributed by atoms with Gasteiger partial charge in [-0.25, -0.2) is 8.78 Å². The van der Waals surface area contributed by atoms with Gasteiger partial charge in [-0.1, -0.05) is 6.07 Å². The van der Waals surface area contributed by atoms with Crippen LogP contribution in [0.15, 0.2) is 18.2 Å². The van der Waals surface area contributed by atoms with Gasteiger partial charge >= 0.3 is 0 Å². The first-order chi connectivity index (χ1) is 8.96. The zero-order chi connectivity index (χ0) is 14.0. The third-order valence-corrected chi connectivity index (χ3v) is 4.40. The minimum absolute atomic E-state index is 0.135. The van der Waals surface area contributed by atoms with Crippen molar-refractivity contribution in [3.05, 3.63) is 35.4 Å². The molecule has 1 aromatic rings. The summed E-state index contributed by atoms with van der Waals surface area (Å²) in [5, 5.41) is 3.28. The maximum atomic E-state index is 13.7. The van der Waals surface area contributed by atoms with Crippen molar-refractivity contribution in [1.82, 2.24) is 10.2 Å². The molecule has 0 bridgehead atoms. The quantitative estimate of drug-likeness (QED) is 0.882. The zero-order valence-corrected chi connectivity index (χ0v) is 11.8. The van der Waals surface area contributed by atoms with Crippen LogP contribution >= 0.6 is 0 Å². The molecule has 0 amide bonds. The van der Waals surface area contributed by atoms with Gasteiger partial charge in [-0.05, 0) is 52.4 Å². The van der Waals surface area contributed by atoms with Crippen molar-refractivity contribution in [2.45, 2.75) is 37.8 Å². The highest BCUT2D eigenvalue weighted by molar-refractivity contribution is 5.23. The molecule has 1 aromatic carbocycles. The van der Waals surface area contributed by atoms with Crippen molar-refractivity contribution in [1.29, 1.82) is 0 Å². The summed E-state index contributed by atoms with van der Waals surface area (Å²) < 4.78 is 27.4. The standard InChI is InChI=1S/C15H22F2N2/c1-11(14-12(16)6-4-7-13(14)17)18-10-15(19(2)3)8-5-9-15/h4,6-7,11,18H,5,8-10H2,1-3H3. The van der Waals surface area contributed by atoms with E-state index in [1.54, 1.807) is 0 Å². The Kier molecular flexibility index (Phi) is 4.21. The lowest BCUT2D eigenvalue weighted by atomic mass is 9.75. The monoisotopic (exact) mass is 268 g/mol. The fraction of sp³-hybridized carbons (Fsp3) is 0.600. The molecule has 1 aliphatic carbocycles. The number of benzene rings is 1. The minimum atomic E-state index is -0.479. The Morgan fingerprint density at radius 3 is 2.26 bits per heavy atom. The van der Waals surface area contributed by atoms with Crippen LogP contribution < -0.4 is 5.32 Å². The van der Waals surface area contributed by atoms with E-state index < -0.39 is 11.6 Å². The lowest BCUT2D eigenvalue weighted by Crippen LogP contribution is -2.56. The number of nitrogens with zero attached hydrogens (tertiary/aromatic N) is 1. The van der Waals surface area contributed by atoms with Gasteiger partial charge in [0.05, 0.1) is 0 Å². The summed E-state index contributed by atoms with van der Waals surface area (Å²) in [4.78, 5) is 2.22. The molecular weight excluding hydrogens is 246 g/mol. The average Bonchev–Trinajstić information content (AvgIpc) is 2.26. The van der Waals surface area contributed by atoms with Gasteiger partial charge < -0.3 is 10.2 Å². The molecule has 1 atom stereocenters. The van der Waals surface area contributed by atoms with Gasteiger partial charge in [0.15, 0.2) is 0 Å². The van der Waals surface area contributed by atoms with E-state index in [-0.39, 0.29) is 17.1 Å². The molecule has 106 valence electrons. The van der Waals surface area contributed by atoms with E-state index in [4.69, 9.17) is 0 Å². The van der Waals surface area contributed by atoms with Gasteiger partial charge in [-0.3, -0.25) is 0 Å². The maximum Gasteiger partial charge on any atom is 0.130 e. The van der Waals surface area contributed by atoms with E-state index in [0.29, 0.717) is 0 Å².